The van der Waals surface area contributed by atoms with Crippen molar-refractivity contribution in [1.29, 1.82) is 0 Å². The Morgan fingerprint density at radius 1 is 1.12 bits per heavy atom. The van der Waals surface area contributed by atoms with E-state index < -0.39 is 11.7 Å². The monoisotopic (exact) mass is 453 g/mol. The summed E-state index contributed by atoms with van der Waals surface area (Å²) in [5, 5.41) is 0. The number of likely N-dealkylation sites (tertiary alicyclic amines) is 1. The van der Waals surface area contributed by atoms with E-state index in [1.165, 1.54) is 0 Å². The molecular weight excluding hydrogens is 418 g/mol. The van der Waals surface area contributed by atoms with Gasteiger partial charge in [-0.05, 0) is 71.1 Å². The molecule has 1 aromatic carbocycles. The Labute approximate surface area is 196 Å². The number of hydrogen-bond donors (Lipinski definition) is 0. The molecule has 0 aliphatic carbocycles. The van der Waals surface area contributed by atoms with Gasteiger partial charge in [-0.25, -0.2) is 14.6 Å². The number of carbonyl (C=O) groups is 2. The molecule has 0 N–H and O–H groups in total. The first kappa shape index (κ1) is 24.6. The standard InChI is InChI=1S/C26H35N3O4/c1-19(2)29(25(31)33-26(3,4)5)23-15-14-21(17-27-23)22-13-9-10-16-28(22)24(30)32-18-20-11-7-6-8-12-20/h6-8,11-12,14-15,17,19,22H,9-10,13,16,18H2,1-5H3/t22-/m0/s1. The minimum atomic E-state index is -0.590. The summed E-state index contributed by atoms with van der Waals surface area (Å²) in [6, 6.07) is 13.2. The van der Waals surface area contributed by atoms with Crippen molar-refractivity contribution >= 4 is 18.0 Å². The molecule has 7 nitrogen and oxygen atoms in total. The molecule has 7 heteroatoms. The van der Waals surface area contributed by atoms with Gasteiger partial charge < -0.3 is 14.4 Å². The molecule has 2 aromatic rings. The van der Waals surface area contributed by atoms with Crippen molar-refractivity contribution in [2.45, 2.75) is 78.2 Å². The number of nitrogens with zero attached hydrogens (tertiary/aromatic N) is 3. The van der Waals surface area contributed by atoms with Gasteiger partial charge in [0.15, 0.2) is 0 Å². The van der Waals surface area contributed by atoms with E-state index in [0.29, 0.717) is 12.4 Å². The molecular formula is C26H35N3O4. The Bertz CT molecular complexity index is 923. The molecule has 0 radical (unpaired) electrons. The summed E-state index contributed by atoms with van der Waals surface area (Å²) in [4.78, 5) is 33.5. The predicted octanol–water partition coefficient (Wildman–Crippen LogP) is 6.10. The van der Waals surface area contributed by atoms with E-state index in [1.807, 2.05) is 77.1 Å². The number of piperidine rings is 1. The van der Waals surface area contributed by atoms with Crippen LogP contribution >= 0.6 is 0 Å². The molecule has 0 unspecified atom stereocenters. The second-order valence-corrected chi connectivity index (χ2v) is 9.64. The summed E-state index contributed by atoms with van der Waals surface area (Å²) in [7, 11) is 0. The second-order valence-electron chi connectivity index (χ2n) is 9.64. The Morgan fingerprint density at radius 2 is 1.85 bits per heavy atom. The second kappa shape index (κ2) is 10.7. The summed E-state index contributed by atoms with van der Waals surface area (Å²) in [6.45, 7) is 10.3. The minimum absolute atomic E-state index is 0.0994. The first-order valence-electron chi connectivity index (χ1n) is 11.6. The van der Waals surface area contributed by atoms with Crippen LogP contribution in [0.25, 0.3) is 0 Å². The first-order chi connectivity index (χ1) is 15.7. The van der Waals surface area contributed by atoms with Crippen molar-refractivity contribution in [2.24, 2.45) is 0 Å². The Hall–Kier alpha value is -3.09. The van der Waals surface area contributed by atoms with Crippen molar-refractivity contribution in [3.05, 3.63) is 59.8 Å². The van der Waals surface area contributed by atoms with Crippen LogP contribution in [0.15, 0.2) is 48.7 Å². The molecule has 1 saturated heterocycles. The third-order valence-corrected chi connectivity index (χ3v) is 5.45. The zero-order valence-corrected chi connectivity index (χ0v) is 20.3. The van der Waals surface area contributed by atoms with Crippen LogP contribution in [0.3, 0.4) is 0 Å². The smallest absolute Gasteiger partial charge is 0.416 e. The predicted molar refractivity (Wildman–Crippen MR) is 128 cm³/mol. The molecule has 1 aliphatic heterocycles. The van der Waals surface area contributed by atoms with E-state index in [4.69, 9.17) is 9.47 Å². The lowest BCUT2D eigenvalue weighted by Gasteiger charge is -2.35. The zero-order valence-electron chi connectivity index (χ0n) is 20.3. The van der Waals surface area contributed by atoms with Gasteiger partial charge in [0.1, 0.15) is 18.0 Å². The van der Waals surface area contributed by atoms with E-state index in [-0.39, 0.29) is 24.8 Å². The van der Waals surface area contributed by atoms with Crippen molar-refractivity contribution < 1.29 is 19.1 Å². The van der Waals surface area contributed by atoms with Gasteiger partial charge in [-0.2, -0.15) is 0 Å². The lowest BCUT2D eigenvalue weighted by Crippen LogP contribution is -2.41. The zero-order chi connectivity index (χ0) is 24.0. The number of anilines is 1. The van der Waals surface area contributed by atoms with Crippen LogP contribution in [0.4, 0.5) is 15.4 Å². The van der Waals surface area contributed by atoms with Crippen LogP contribution < -0.4 is 4.90 Å². The van der Waals surface area contributed by atoms with Crippen LogP contribution in [0, 0.1) is 0 Å². The van der Waals surface area contributed by atoms with Crippen molar-refractivity contribution in [1.82, 2.24) is 9.88 Å². The molecule has 1 fully saturated rings. The fourth-order valence-electron chi connectivity index (χ4n) is 3.92. The minimum Gasteiger partial charge on any atom is -0.445 e. The van der Waals surface area contributed by atoms with Gasteiger partial charge in [-0.15, -0.1) is 0 Å². The van der Waals surface area contributed by atoms with Crippen molar-refractivity contribution in [2.75, 3.05) is 11.4 Å². The van der Waals surface area contributed by atoms with Crippen molar-refractivity contribution in [3.8, 4) is 0 Å². The maximum Gasteiger partial charge on any atom is 0.416 e. The number of carbonyl (C=O) groups excluding carboxylic acids is 2. The number of benzene rings is 1. The highest BCUT2D eigenvalue weighted by Gasteiger charge is 2.31. The van der Waals surface area contributed by atoms with E-state index in [2.05, 4.69) is 4.98 Å². The number of amides is 2. The van der Waals surface area contributed by atoms with Crippen LogP contribution in [-0.2, 0) is 16.1 Å². The summed E-state index contributed by atoms with van der Waals surface area (Å²) in [5.41, 5.74) is 1.30. The summed E-state index contributed by atoms with van der Waals surface area (Å²) in [5.74, 6) is 0.525. The molecule has 1 aromatic heterocycles. The number of rotatable bonds is 5. The van der Waals surface area contributed by atoms with Crippen LogP contribution in [0.2, 0.25) is 0 Å². The highest BCUT2D eigenvalue weighted by Crippen LogP contribution is 2.32. The average molecular weight is 454 g/mol. The molecule has 2 heterocycles. The highest BCUT2D eigenvalue weighted by atomic mass is 16.6. The molecule has 2 amide bonds. The van der Waals surface area contributed by atoms with Gasteiger partial charge in [-0.1, -0.05) is 36.4 Å². The van der Waals surface area contributed by atoms with E-state index in [9.17, 15) is 9.59 Å². The molecule has 3 rings (SSSR count). The first-order valence-corrected chi connectivity index (χ1v) is 11.6. The normalized spacial score (nSPS) is 16.4. The van der Waals surface area contributed by atoms with Gasteiger partial charge in [0.2, 0.25) is 0 Å². The average Bonchev–Trinajstić information content (AvgIpc) is 2.77. The summed E-state index contributed by atoms with van der Waals surface area (Å²) >= 11 is 0. The molecule has 178 valence electrons. The Balaban J connectivity index is 1.72. The molecule has 0 spiro atoms. The maximum absolute atomic E-state index is 12.9. The largest absolute Gasteiger partial charge is 0.445 e. The molecule has 33 heavy (non-hydrogen) atoms. The molecule has 0 bridgehead atoms. The topological polar surface area (TPSA) is 72.0 Å². The van der Waals surface area contributed by atoms with E-state index in [1.54, 1.807) is 16.0 Å². The number of pyridine rings is 1. The quantitative estimate of drug-likeness (QED) is 0.547. The summed E-state index contributed by atoms with van der Waals surface area (Å²) in [6.07, 6.45) is 3.84. The Morgan fingerprint density at radius 3 is 2.45 bits per heavy atom. The third-order valence-electron chi connectivity index (χ3n) is 5.45. The number of aromatic nitrogens is 1. The highest BCUT2D eigenvalue weighted by molar-refractivity contribution is 5.87. The lowest BCUT2D eigenvalue weighted by atomic mass is 9.97. The van der Waals surface area contributed by atoms with Crippen LogP contribution in [-0.4, -0.2) is 40.3 Å². The lowest BCUT2D eigenvalue weighted by molar-refractivity contribution is 0.0569. The molecule has 0 saturated carbocycles. The van der Waals surface area contributed by atoms with Gasteiger partial charge in [0, 0.05) is 18.8 Å². The van der Waals surface area contributed by atoms with Gasteiger partial charge in [0.05, 0.1) is 6.04 Å². The van der Waals surface area contributed by atoms with Gasteiger partial charge >= 0.3 is 12.2 Å². The molecule has 1 atom stereocenters. The Kier molecular flexibility index (Phi) is 7.95. The van der Waals surface area contributed by atoms with Crippen LogP contribution in [0.1, 0.15) is 71.0 Å². The SMILES string of the molecule is CC(C)N(C(=O)OC(C)(C)C)c1ccc([C@@H]2CCCCN2C(=O)OCc2ccccc2)cn1. The summed E-state index contributed by atoms with van der Waals surface area (Å²) < 4.78 is 11.1. The third kappa shape index (κ3) is 6.70. The van der Waals surface area contributed by atoms with Crippen molar-refractivity contribution in [3.63, 3.8) is 0 Å². The van der Waals surface area contributed by atoms with Gasteiger partial charge in [0.25, 0.3) is 0 Å². The van der Waals surface area contributed by atoms with E-state index >= 15 is 0 Å². The fraction of sp³-hybridized carbons (Fsp3) is 0.500. The number of ether oxygens (including phenoxy) is 2. The molecule has 1 aliphatic rings. The van der Waals surface area contributed by atoms with E-state index in [0.717, 1.165) is 30.4 Å². The number of hydrogen-bond acceptors (Lipinski definition) is 5. The van der Waals surface area contributed by atoms with Crippen LogP contribution in [0.5, 0.6) is 0 Å². The van der Waals surface area contributed by atoms with Gasteiger partial charge in [-0.3, -0.25) is 4.90 Å². The maximum atomic E-state index is 12.9. The fourth-order valence-corrected chi connectivity index (χ4v) is 3.92.